The van der Waals surface area contributed by atoms with Gasteiger partial charge >= 0.3 is 0 Å². The van der Waals surface area contributed by atoms with E-state index in [2.05, 4.69) is 10.3 Å². The number of carbonyl (C=O) groups excluding carboxylic acids is 1. The quantitative estimate of drug-likeness (QED) is 0.865. The normalized spacial score (nSPS) is 9.94. The highest BCUT2D eigenvalue weighted by Crippen LogP contribution is 2.20. The Morgan fingerprint density at radius 1 is 1.24 bits per heavy atom. The maximum Gasteiger partial charge on any atom is 0.146 e. The second-order valence-electron chi connectivity index (χ2n) is 3.29. The Balaban J connectivity index is 2.37. The Morgan fingerprint density at radius 2 is 2.00 bits per heavy atom. The fourth-order valence-electron chi connectivity index (χ4n) is 1.36. The number of hydrogen-bond donors (Lipinski definition) is 1. The lowest BCUT2D eigenvalue weighted by Gasteiger charge is -2.11. The van der Waals surface area contributed by atoms with E-state index in [0.29, 0.717) is 0 Å². The number of anilines is 2. The number of benzene rings is 1. The molecule has 2 rings (SSSR count). The van der Waals surface area contributed by atoms with Crippen molar-refractivity contribution in [1.82, 2.24) is 4.98 Å². The summed E-state index contributed by atoms with van der Waals surface area (Å²) in [5.41, 5.74) is 0.0458. The first-order valence-corrected chi connectivity index (χ1v) is 4.86. The molecule has 0 saturated carbocycles. The van der Waals surface area contributed by atoms with E-state index in [0.717, 1.165) is 0 Å². The summed E-state index contributed by atoms with van der Waals surface area (Å²) in [5, 5.41) is 13.4. The van der Waals surface area contributed by atoms with Crippen molar-refractivity contribution in [2.45, 2.75) is 0 Å². The summed E-state index contributed by atoms with van der Waals surface area (Å²) >= 11 is 0. The smallest absolute Gasteiger partial charge is 0.146 e. The number of nitrogens with one attached hydrogen (secondary N) is 1. The van der Waals surface area contributed by atoms with Crippen molar-refractivity contribution in [3.8, 4) is 0 Å². The molecule has 0 amide bonds. The third-order valence-corrected chi connectivity index (χ3v) is 2.15. The maximum absolute atomic E-state index is 13.4. The molecule has 0 bridgehead atoms. The first-order valence-electron chi connectivity index (χ1n) is 4.86. The number of carbonyl (C=O) groups is 1. The fraction of sp³-hybridized carbons (Fsp3) is 0. The van der Waals surface area contributed by atoms with Crippen LogP contribution in [-0.4, -0.2) is 11.0 Å². The van der Waals surface area contributed by atoms with Gasteiger partial charge in [0, 0.05) is 11.8 Å². The van der Waals surface area contributed by atoms with Crippen molar-refractivity contribution in [3.05, 3.63) is 54.0 Å². The zero-order valence-corrected chi connectivity index (χ0v) is 8.68. The molecule has 1 heterocycles. The number of pyridine rings is 1. The van der Waals surface area contributed by atoms with Crippen molar-refractivity contribution in [1.29, 1.82) is 0 Å². The Labute approximate surface area is 96.7 Å². The number of nitrogens with zero attached hydrogens (tertiary/aromatic N) is 1. The van der Waals surface area contributed by atoms with Crippen LogP contribution in [0.25, 0.3) is 0 Å². The van der Waals surface area contributed by atoms with Crippen LogP contribution in [0.5, 0.6) is 0 Å². The molecule has 86 valence electrons. The molecule has 1 aromatic carbocycles. The highest BCUT2D eigenvalue weighted by molar-refractivity contribution is 5.92. The number of para-hydroxylation sites is 1. The van der Waals surface area contributed by atoms with Crippen molar-refractivity contribution in [2.75, 3.05) is 5.32 Å². The molecule has 1 aromatic heterocycles. The van der Waals surface area contributed by atoms with Gasteiger partial charge in [-0.2, -0.15) is 0 Å². The first-order chi connectivity index (χ1) is 8.18. The van der Waals surface area contributed by atoms with Gasteiger partial charge in [0.1, 0.15) is 11.6 Å². The van der Waals surface area contributed by atoms with Crippen LogP contribution in [0.1, 0.15) is 10.4 Å². The topological polar surface area (TPSA) is 65.0 Å². The Kier molecular flexibility index (Phi) is 3.00. The second-order valence-corrected chi connectivity index (χ2v) is 3.29. The molecule has 4 nitrogen and oxygen atoms in total. The average Bonchev–Trinajstić information content (AvgIpc) is 2.32. The molecule has 0 fully saturated rings. The van der Waals surface area contributed by atoms with Gasteiger partial charge in [0.25, 0.3) is 0 Å². The van der Waals surface area contributed by atoms with E-state index in [4.69, 9.17) is 0 Å². The van der Waals surface area contributed by atoms with E-state index in [-0.39, 0.29) is 17.1 Å². The molecule has 0 aliphatic carbocycles. The largest absolute Gasteiger partial charge is 0.545 e. The van der Waals surface area contributed by atoms with E-state index < -0.39 is 11.8 Å². The third kappa shape index (κ3) is 2.39. The van der Waals surface area contributed by atoms with Gasteiger partial charge in [-0.05, 0) is 24.3 Å². The predicted octanol–water partition coefficient (Wildman–Crippen LogP) is 1.33. The number of rotatable bonds is 3. The van der Waals surface area contributed by atoms with E-state index in [1.165, 1.54) is 30.5 Å². The van der Waals surface area contributed by atoms with Crippen LogP contribution in [-0.2, 0) is 0 Å². The van der Waals surface area contributed by atoms with Gasteiger partial charge in [0.2, 0.25) is 0 Å². The van der Waals surface area contributed by atoms with E-state index in [9.17, 15) is 14.3 Å². The van der Waals surface area contributed by atoms with Gasteiger partial charge < -0.3 is 15.2 Å². The summed E-state index contributed by atoms with van der Waals surface area (Å²) in [5.74, 6) is -1.79. The molecule has 0 radical (unpaired) electrons. The molecule has 17 heavy (non-hydrogen) atoms. The molecule has 0 spiro atoms. The number of carboxylic acid groups (broad SMARTS) is 1. The minimum Gasteiger partial charge on any atom is -0.545 e. The molecular weight excluding hydrogens is 223 g/mol. The summed E-state index contributed by atoms with van der Waals surface area (Å²) in [7, 11) is 0. The summed E-state index contributed by atoms with van der Waals surface area (Å²) in [6.45, 7) is 0. The number of hydrogen-bond acceptors (Lipinski definition) is 4. The lowest BCUT2D eigenvalue weighted by molar-refractivity contribution is -0.254. The molecule has 5 heteroatoms. The van der Waals surface area contributed by atoms with E-state index >= 15 is 0 Å². The molecule has 1 N–H and O–H groups in total. The van der Waals surface area contributed by atoms with Gasteiger partial charge in [-0.25, -0.2) is 9.37 Å². The van der Waals surface area contributed by atoms with Gasteiger partial charge in [-0.3, -0.25) is 0 Å². The standard InChI is InChI=1S/C12H9FN2O2/c13-9-5-1-2-6-10(9)15-11-8(12(16)17)4-3-7-14-11/h1-7H,(H,14,15)(H,16,17)/p-1. The average molecular weight is 231 g/mol. The zero-order valence-electron chi connectivity index (χ0n) is 8.68. The summed E-state index contributed by atoms with van der Waals surface area (Å²) in [6.07, 6.45) is 1.41. The first kappa shape index (κ1) is 11.1. The molecule has 2 aromatic rings. The van der Waals surface area contributed by atoms with Crippen molar-refractivity contribution in [2.24, 2.45) is 0 Å². The van der Waals surface area contributed by atoms with Gasteiger partial charge in [0.15, 0.2) is 0 Å². The number of halogens is 1. The summed E-state index contributed by atoms with van der Waals surface area (Å²) in [4.78, 5) is 14.6. The Hall–Kier alpha value is -2.43. The maximum atomic E-state index is 13.4. The number of carboxylic acids is 1. The zero-order chi connectivity index (χ0) is 12.3. The van der Waals surface area contributed by atoms with Gasteiger partial charge in [0.05, 0.1) is 11.7 Å². The third-order valence-electron chi connectivity index (χ3n) is 2.15. The van der Waals surface area contributed by atoms with Crippen molar-refractivity contribution < 1.29 is 14.3 Å². The van der Waals surface area contributed by atoms with Gasteiger partial charge in [-0.1, -0.05) is 12.1 Å². The van der Waals surface area contributed by atoms with Crippen LogP contribution in [0.15, 0.2) is 42.6 Å². The SMILES string of the molecule is O=C([O-])c1cccnc1Nc1ccccc1F. The van der Waals surface area contributed by atoms with Crippen LogP contribution in [0.4, 0.5) is 15.9 Å². The summed E-state index contributed by atoms with van der Waals surface area (Å²) < 4.78 is 13.4. The van der Waals surface area contributed by atoms with Crippen molar-refractivity contribution >= 4 is 17.5 Å². The van der Waals surface area contributed by atoms with E-state index in [1.54, 1.807) is 12.1 Å². The van der Waals surface area contributed by atoms with Crippen LogP contribution >= 0.6 is 0 Å². The van der Waals surface area contributed by atoms with Crippen LogP contribution < -0.4 is 10.4 Å². The van der Waals surface area contributed by atoms with Crippen molar-refractivity contribution in [3.63, 3.8) is 0 Å². The molecule has 0 aliphatic heterocycles. The van der Waals surface area contributed by atoms with Crippen LogP contribution in [0.3, 0.4) is 0 Å². The lowest BCUT2D eigenvalue weighted by atomic mass is 10.2. The Morgan fingerprint density at radius 3 is 2.71 bits per heavy atom. The number of aromatic nitrogens is 1. The number of aromatic carboxylic acids is 1. The molecule has 0 saturated heterocycles. The lowest BCUT2D eigenvalue weighted by Crippen LogP contribution is -2.23. The van der Waals surface area contributed by atoms with Crippen LogP contribution in [0, 0.1) is 5.82 Å². The molecular formula is C12H8FN2O2-. The molecule has 0 atom stereocenters. The van der Waals surface area contributed by atoms with E-state index in [1.807, 2.05) is 0 Å². The van der Waals surface area contributed by atoms with Crippen LogP contribution in [0.2, 0.25) is 0 Å². The van der Waals surface area contributed by atoms with Gasteiger partial charge in [-0.15, -0.1) is 0 Å². The fourth-order valence-corrected chi connectivity index (χ4v) is 1.36. The molecule has 0 unspecified atom stereocenters. The monoisotopic (exact) mass is 231 g/mol. The minimum atomic E-state index is -1.36. The Bertz CT molecular complexity index is 558. The summed E-state index contributed by atoms with van der Waals surface area (Å²) in [6, 6.07) is 8.74. The predicted molar refractivity (Wildman–Crippen MR) is 58.3 cm³/mol. The highest BCUT2D eigenvalue weighted by Gasteiger charge is 2.06. The molecule has 0 aliphatic rings. The highest BCUT2D eigenvalue weighted by atomic mass is 19.1. The second kappa shape index (κ2) is 4.61. The minimum absolute atomic E-state index is 0.0533.